The van der Waals surface area contributed by atoms with Crippen LogP contribution in [0.3, 0.4) is 0 Å². The zero-order valence-corrected chi connectivity index (χ0v) is 14.8. The molecule has 0 aliphatic heterocycles. The van der Waals surface area contributed by atoms with E-state index >= 15 is 0 Å². The van der Waals surface area contributed by atoms with Gasteiger partial charge in [-0.2, -0.15) is 0 Å². The van der Waals surface area contributed by atoms with E-state index < -0.39 is 6.04 Å². The van der Waals surface area contributed by atoms with Gasteiger partial charge in [0.1, 0.15) is 17.5 Å². The number of carbonyl (C=O) groups excluding carboxylic acids is 2. The van der Waals surface area contributed by atoms with E-state index in [1.165, 1.54) is 11.3 Å². The average molecular weight is 367 g/mol. The van der Waals surface area contributed by atoms with E-state index in [-0.39, 0.29) is 11.8 Å². The van der Waals surface area contributed by atoms with Crippen molar-refractivity contribution in [1.29, 1.82) is 0 Å². The molecular weight excluding hydrogens is 350 g/mol. The van der Waals surface area contributed by atoms with Crippen molar-refractivity contribution in [3.63, 3.8) is 0 Å². The Bertz CT molecular complexity index is 865. The highest BCUT2D eigenvalue weighted by Crippen LogP contribution is 2.22. The highest BCUT2D eigenvalue weighted by atomic mass is 32.1. The van der Waals surface area contributed by atoms with Crippen LogP contribution in [0.25, 0.3) is 0 Å². The van der Waals surface area contributed by atoms with Crippen molar-refractivity contribution in [3.05, 3.63) is 71.2 Å². The first-order valence-electron chi connectivity index (χ1n) is 7.95. The standard InChI is InChI=1S/C19H17N3O3S/c1-13(21-19(24)17-3-2-12-26-17)18(23)22-14-4-6-15(7-5-14)25-16-8-10-20-11-9-16/h2-13H,1H3,(H,21,24)(H,22,23)/t13-/m1/s1. The van der Waals surface area contributed by atoms with Crippen molar-refractivity contribution < 1.29 is 14.3 Å². The number of nitrogens with zero attached hydrogens (tertiary/aromatic N) is 1. The maximum atomic E-state index is 12.2. The first-order chi connectivity index (χ1) is 12.6. The lowest BCUT2D eigenvalue weighted by Crippen LogP contribution is -2.41. The molecule has 1 atom stereocenters. The molecule has 132 valence electrons. The van der Waals surface area contributed by atoms with Crippen LogP contribution in [0.5, 0.6) is 11.5 Å². The first-order valence-corrected chi connectivity index (χ1v) is 8.83. The largest absolute Gasteiger partial charge is 0.457 e. The molecule has 3 rings (SSSR count). The van der Waals surface area contributed by atoms with Crippen molar-refractivity contribution in [2.75, 3.05) is 5.32 Å². The molecule has 2 amide bonds. The Labute approximate surface area is 154 Å². The third-order valence-corrected chi connectivity index (χ3v) is 4.36. The number of anilines is 1. The number of aromatic nitrogens is 1. The van der Waals surface area contributed by atoms with Crippen LogP contribution in [0, 0.1) is 0 Å². The SMILES string of the molecule is C[C@@H](NC(=O)c1cccs1)C(=O)Nc1ccc(Oc2ccncc2)cc1. The number of rotatable bonds is 6. The number of carbonyl (C=O) groups is 2. The Kier molecular flexibility index (Phi) is 5.60. The molecule has 26 heavy (non-hydrogen) atoms. The summed E-state index contributed by atoms with van der Waals surface area (Å²) in [6.07, 6.45) is 3.30. The maximum absolute atomic E-state index is 12.2. The smallest absolute Gasteiger partial charge is 0.261 e. The minimum Gasteiger partial charge on any atom is -0.457 e. The lowest BCUT2D eigenvalue weighted by atomic mass is 10.2. The summed E-state index contributed by atoms with van der Waals surface area (Å²) in [5, 5.41) is 7.26. The first kappa shape index (κ1) is 17.6. The van der Waals surface area contributed by atoms with Gasteiger partial charge in [0.2, 0.25) is 5.91 Å². The van der Waals surface area contributed by atoms with Crippen LogP contribution in [0.1, 0.15) is 16.6 Å². The number of hydrogen-bond acceptors (Lipinski definition) is 5. The number of ether oxygens (including phenoxy) is 1. The van der Waals surface area contributed by atoms with Crippen molar-refractivity contribution >= 4 is 28.8 Å². The average Bonchev–Trinajstić information content (AvgIpc) is 3.19. The van der Waals surface area contributed by atoms with Gasteiger partial charge in [-0.25, -0.2) is 0 Å². The molecule has 0 fully saturated rings. The van der Waals surface area contributed by atoms with E-state index in [9.17, 15) is 9.59 Å². The molecule has 0 spiro atoms. The fourth-order valence-corrected chi connectivity index (χ4v) is 2.77. The summed E-state index contributed by atoms with van der Waals surface area (Å²) in [5.74, 6) is 0.774. The van der Waals surface area contributed by atoms with E-state index in [2.05, 4.69) is 15.6 Å². The van der Waals surface area contributed by atoms with Crippen molar-refractivity contribution in [2.45, 2.75) is 13.0 Å². The summed E-state index contributed by atoms with van der Waals surface area (Å²) in [6.45, 7) is 1.64. The summed E-state index contributed by atoms with van der Waals surface area (Å²) in [6, 6.07) is 13.4. The normalized spacial score (nSPS) is 11.4. The van der Waals surface area contributed by atoms with Crippen molar-refractivity contribution in [1.82, 2.24) is 10.3 Å². The molecule has 0 aliphatic rings. The highest BCUT2D eigenvalue weighted by molar-refractivity contribution is 7.12. The second-order valence-electron chi connectivity index (χ2n) is 5.47. The van der Waals surface area contributed by atoms with Crippen LogP contribution in [-0.2, 0) is 4.79 Å². The predicted octanol–water partition coefficient (Wildman–Crippen LogP) is 3.69. The second kappa shape index (κ2) is 8.26. The van der Waals surface area contributed by atoms with E-state index in [0.29, 0.717) is 22.1 Å². The van der Waals surface area contributed by atoms with E-state index in [0.717, 1.165) is 0 Å². The number of amides is 2. The third kappa shape index (κ3) is 4.67. The Balaban J connectivity index is 1.54. The Morgan fingerprint density at radius 2 is 1.73 bits per heavy atom. The fraction of sp³-hybridized carbons (Fsp3) is 0.105. The summed E-state index contributed by atoms with van der Waals surface area (Å²) in [4.78, 5) is 28.7. The van der Waals surface area contributed by atoms with Crippen LogP contribution in [0.15, 0.2) is 66.3 Å². The number of nitrogens with one attached hydrogen (secondary N) is 2. The van der Waals surface area contributed by atoms with E-state index in [1.807, 2.05) is 5.38 Å². The van der Waals surface area contributed by atoms with Gasteiger partial charge in [-0.1, -0.05) is 6.07 Å². The molecule has 0 aliphatic carbocycles. The molecule has 7 heteroatoms. The quantitative estimate of drug-likeness (QED) is 0.696. The lowest BCUT2D eigenvalue weighted by Gasteiger charge is -2.14. The number of thiophene rings is 1. The van der Waals surface area contributed by atoms with E-state index in [1.54, 1.807) is 67.8 Å². The van der Waals surface area contributed by atoms with Crippen LogP contribution < -0.4 is 15.4 Å². The van der Waals surface area contributed by atoms with Gasteiger partial charge < -0.3 is 15.4 Å². The van der Waals surface area contributed by atoms with Crippen LogP contribution in [-0.4, -0.2) is 22.8 Å². The number of benzene rings is 1. The monoisotopic (exact) mass is 367 g/mol. The van der Waals surface area contributed by atoms with Gasteiger partial charge in [0.15, 0.2) is 0 Å². The Morgan fingerprint density at radius 1 is 1.04 bits per heavy atom. The van der Waals surface area contributed by atoms with Gasteiger partial charge in [-0.05, 0) is 54.8 Å². The van der Waals surface area contributed by atoms with Gasteiger partial charge in [0.05, 0.1) is 4.88 Å². The molecule has 0 bridgehead atoms. The van der Waals surface area contributed by atoms with E-state index in [4.69, 9.17) is 4.74 Å². The molecule has 0 saturated carbocycles. The van der Waals surface area contributed by atoms with Crippen molar-refractivity contribution in [3.8, 4) is 11.5 Å². The lowest BCUT2D eigenvalue weighted by molar-refractivity contribution is -0.117. The summed E-state index contributed by atoms with van der Waals surface area (Å²) in [7, 11) is 0. The Morgan fingerprint density at radius 3 is 2.38 bits per heavy atom. The topological polar surface area (TPSA) is 80.3 Å². The molecule has 0 radical (unpaired) electrons. The predicted molar refractivity (Wildman–Crippen MR) is 101 cm³/mol. The van der Waals surface area contributed by atoms with Crippen LogP contribution in [0.2, 0.25) is 0 Å². The number of pyridine rings is 1. The van der Waals surface area contributed by atoms with Gasteiger partial charge in [-0.15, -0.1) is 11.3 Å². The van der Waals surface area contributed by atoms with Crippen LogP contribution in [0.4, 0.5) is 5.69 Å². The molecule has 0 saturated heterocycles. The minimum atomic E-state index is -0.655. The summed E-state index contributed by atoms with van der Waals surface area (Å²) in [5.41, 5.74) is 0.620. The molecular formula is C19H17N3O3S. The molecule has 2 N–H and O–H groups in total. The zero-order valence-electron chi connectivity index (χ0n) is 14.0. The van der Waals surface area contributed by atoms with Crippen molar-refractivity contribution in [2.24, 2.45) is 0 Å². The molecule has 0 unspecified atom stereocenters. The molecule has 2 heterocycles. The van der Waals surface area contributed by atoms with Gasteiger partial charge in [0, 0.05) is 18.1 Å². The zero-order chi connectivity index (χ0) is 18.4. The van der Waals surface area contributed by atoms with Crippen LogP contribution >= 0.6 is 11.3 Å². The second-order valence-corrected chi connectivity index (χ2v) is 6.42. The molecule has 2 aromatic heterocycles. The third-order valence-electron chi connectivity index (χ3n) is 3.49. The maximum Gasteiger partial charge on any atom is 0.261 e. The highest BCUT2D eigenvalue weighted by Gasteiger charge is 2.17. The Hall–Kier alpha value is -3.19. The molecule has 1 aromatic carbocycles. The number of hydrogen-bond donors (Lipinski definition) is 2. The van der Waals surface area contributed by atoms with Gasteiger partial charge in [0.25, 0.3) is 5.91 Å². The van der Waals surface area contributed by atoms with Gasteiger partial charge >= 0.3 is 0 Å². The fourth-order valence-electron chi connectivity index (χ4n) is 2.14. The molecule has 6 nitrogen and oxygen atoms in total. The molecule has 3 aromatic rings. The van der Waals surface area contributed by atoms with Gasteiger partial charge in [-0.3, -0.25) is 14.6 Å². The minimum absolute atomic E-state index is 0.260. The summed E-state index contributed by atoms with van der Waals surface area (Å²) < 4.78 is 5.67. The summed E-state index contributed by atoms with van der Waals surface area (Å²) >= 11 is 1.33.